The monoisotopic (exact) mass is 299 g/mol. The normalized spacial score (nSPS) is 12.8. The maximum absolute atomic E-state index is 11.6. The fraction of sp³-hybridized carbons (Fsp3) is 0.571. The first-order valence-electron chi connectivity index (χ1n) is 6.51. The van der Waals surface area contributed by atoms with Crippen molar-refractivity contribution in [1.29, 1.82) is 0 Å². The summed E-state index contributed by atoms with van der Waals surface area (Å²) >= 11 is 1.62. The Bertz CT molecular complexity index is 437. The zero-order chi connectivity index (χ0) is 15.2. The molecule has 0 aromatic carbocycles. The molecule has 5 nitrogen and oxygen atoms in total. The molecule has 1 unspecified atom stereocenters. The van der Waals surface area contributed by atoms with E-state index in [0.29, 0.717) is 12.8 Å². The number of carbonyl (C=O) groups is 2. The van der Waals surface area contributed by atoms with E-state index in [1.165, 1.54) is 5.56 Å². The van der Waals surface area contributed by atoms with E-state index < -0.39 is 23.7 Å². The number of hydrogen-bond donors (Lipinski definition) is 2. The molecule has 0 aliphatic heterocycles. The fourth-order valence-corrected chi connectivity index (χ4v) is 2.36. The summed E-state index contributed by atoms with van der Waals surface area (Å²) < 4.78 is 5.06. The number of aliphatic carboxylic acids is 1. The Balaban J connectivity index is 2.40. The van der Waals surface area contributed by atoms with Gasteiger partial charge in [-0.1, -0.05) is 0 Å². The van der Waals surface area contributed by atoms with Crippen LogP contribution in [0.1, 0.15) is 39.2 Å². The Morgan fingerprint density at radius 3 is 2.65 bits per heavy atom. The van der Waals surface area contributed by atoms with E-state index in [0.717, 1.165) is 6.42 Å². The van der Waals surface area contributed by atoms with Gasteiger partial charge in [0.2, 0.25) is 0 Å². The standard InChI is InChI=1S/C14H21NO4S/c1-14(2,3)19-13(18)15-11(12(16)17)6-4-5-10-7-8-20-9-10/h7-9,11H,4-6H2,1-3H3,(H,15,18)(H,16,17). The van der Waals surface area contributed by atoms with E-state index in [2.05, 4.69) is 5.32 Å². The average Bonchev–Trinajstić information content (AvgIpc) is 2.77. The maximum atomic E-state index is 11.6. The van der Waals surface area contributed by atoms with Crippen LogP contribution < -0.4 is 5.32 Å². The van der Waals surface area contributed by atoms with E-state index in [1.807, 2.05) is 16.8 Å². The minimum Gasteiger partial charge on any atom is -0.480 e. The summed E-state index contributed by atoms with van der Waals surface area (Å²) in [5, 5.41) is 15.5. The van der Waals surface area contributed by atoms with Gasteiger partial charge in [0.05, 0.1) is 0 Å². The summed E-state index contributed by atoms with van der Waals surface area (Å²) in [4.78, 5) is 22.7. The first-order valence-corrected chi connectivity index (χ1v) is 7.45. The van der Waals surface area contributed by atoms with Gasteiger partial charge in [0, 0.05) is 0 Å². The van der Waals surface area contributed by atoms with Crippen molar-refractivity contribution in [3.8, 4) is 0 Å². The van der Waals surface area contributed by atoms with Crippen LogP contribution in [0.5, 0.6) is 0 Å². The molecule has 0 saturated heterocycles. The van der Waals surface area contributed by atoms with E-state index in [1.54, 1.807) is 32.1 Å². The second-order valence-electron chi connectivity index (χ2n) is 5.56. The van der Waals surface area contributed by atoms with Crippen molar-refractivity contribution in [3.05, 3.63) is 22.4 Å². The molecular formula is C14H21NO4S. The molecule has 0 spiro atoms. The van der Waals surface area contributed by atoms with Crippen LogP contribution in [0.3, 0.4) is 0 Å². The van der Waals surface area contributed by atoms with Gasteiger partial charge in [-0.3, -0.25) is 0 Å². The predicted molar refractivity (Wildman–Crippen MR) is 78.1 cm³/mol. The van der Waals surface area contributed by atoms with Gasteiger partial charge in [-0.05, 0) is 62.4 Å². The lowest BCUT2D eigenvalue weighted by atomic mass is 10.1. The highest BCUT2D eigenvalue weighted by atomic mass is 32.1. The first kappa shape index (κ1) is 16.5. The molecule has 20 heavy (non-hydrogen) atoms. The topological polar surface area (TPSA) is 75.6 Å². The van der Waals surface area contributed by atoms with Crippen molar-refractivity contribution in [1.82, 2.24) is 5.32 Å². The average molecular weight is 299 g/mol. The van der Waals surface area contributed by atoms with E-state index in [9.17, 15) is 9.59 Å². The Morgan fingerprint density at radius 2 is 2.15 bits per heavy atom. The number of nitrogens with one attached hydrogen (secondary N) is 1. The Labute approximate surface area is 123 Å². The van der Waals surface area contributed by atoms with Gasteiger partial charge in [-0.15, -0.1) is 0 Å². The SMILES string of the molecule is CC(C)(C)OC(=O)NC(CCCc1ccsc1)C(=O)O. The largest absolute Gasteiger partial charge is 0.480 e. The maximum Gasteiger partial charge on any atom is 0.408 e. The van der Waals surface area contributed by atoms with Gasteiger partial charge < -0.3 is 15.2 Å². The quantitative estimate of drug-likeness (QED) is 0.846. The van der Waals surface area contributed by atoms with Crippen LogP contribution in [-0.4, -0.2) is 28.8 Å². The van der Waals surface area contributed by atoms with Crippen molar-refractivity contribution in [2.75, 3.05) is 0 Å². The zero-order valence-electron chi connectivity index (χ0n) is 12.0. The zero-order valence-corrected chi connectivity index (χ0v) is 12.8. The third kappa shape index (κ3) is 6.56. The third-order valence-corrected chi connectivity index (χ3v) is 3.26. The molecule has 1 heterocycles. The number of carbonyl (C=O) groups excluding carboxylic acids is 1. The molecule has 112 valence electrons. The molecule has 0 fully saturated rings. The number of alkyl carbamates (subject to hydrolysis) is 1. The van der Waals surface area contributed by atoms with Crippen molar-refractivity contribution in [2.24, 2.45) is 0 Å². The number of rotatable bonds is 6. The highest BCUT2D eigenvalue weighted by Crippen LogP contribution is 2.12. The summed E-state index contributed by atoms with van der Waals surface area (Å²) in [6.45, 7) is 5.21. The van der Waals surface area contributed by atoms with Crippen molar-refractivity contribution in [2.45, 2.75) is 51.7 Å². The van der Waals surface area contributed by atoms with Crippen LogP contribution in [0.15, 0.2) is 16.8 Å². The van der Waals surface area contributed by atoms with Gasteiger partial charge >= 0.3 is 12.1 Å². The van der Waals surface area contributed by atoms with Crippen molar-refractivity contribution in [3.63, 3.8) is 0 Å². The molecule has 1 aromatic rings. The molecule has 1 atom stereocenters. The first-order chi connectivity index (χ1) is 9.28. The lowest BCUT2D eigenvalue weighted by molar-refractivity contribution is -0.139. The Hall–Kier alpha value is -1.56. The van der Waals surface area contributed by atoms with Crippen LogP contribution in [-0.2, 0) is 16.0 Å². The van der Waals surface area contributed by atoms with Crippen LogP contribution in [0.25, 0.3) is 0 Å². The second-order valence-corrected chi connectivity index (χ2v) is 6.34. The van der Waals surface area contributed by atoms with Crippen LogP contribution in [0.4, 0.5) is 4.79 Å². The van der Waals surface area contributed by atoms with Gasteiger partial charge in [0.1, 0.15) is 11.6 Å². The van der Waals surface area contributed by atoms with Crippen molar-refractivity contribution < 1.29 is 19.4 Å². The molecule has 2 N–H and O–H groups in total. The molecule has 0 aliphatic rings. The highest BCUT2D eigenvalue weighted by Gasteiger charge is 2.23. The number of hydrogen-bond acceptors (Lipinski definition) is 4. The highest BCUT2D eigenvalue weighted by molar-refractivity contribution is 7.07. The molecule has 0 radical (unpaired) electrons. The van der Waals surface area contributed by atoms with Crippen LogP contribution in [0, 0.1) is 0 Å². The van der Waals surface area contributed by atoms with Crippen molar-refractivity contribution >= 4 is 23.4 Å². The number of amides is 1. The number of aryl methyl sites for hydroxylation is 1. The molecule has 0 saturated carbocycles. The lowest BCUT2D eigenvalue weighted by Gasteiger charge is -2.22. The van der Waals surface area contributed by atoms with Gasteiger partial charge in [-0.25, -0.2) is 9.59 Å². The summed E-state index contributed by atoms with van der Waals surface area (Å²) in [7, 11) is 0. The molecule has 1 aromatic heterocycles. The summed E-state index contributed by atoms with van der Waals surface area (Å²) in [5.74, 6) is -1.04. The van der Waals surface area contributed by atoms with Crippen LogP contribution >= 0.6 is 11.3 Å². The van der Waals surface area contributed by atoms with Gasteiger partial charge in [-0.2, -0.15) is 11.3 Å². The number of carboxylic acid groups (broad SMARTS) is 1. The number of ether oxygens (including phenoxy) is 1. The molecule has 1 rings (SSSR count). The van der Waals surface area contributed by atoms with E-state index >= 15 is 0 Å². The summed E-state index contributed by atoms with van der Waals surface area (Å²) in [6, 6.07) is 1.10. The second kappa shape index (κ2) is 7.28. The van der Waals surface area contributed by atoms with Crippen LogP contribution in [0.2, 0.25) is 0 Å². The van der Waals surface area contributed by atoms with Gasteiger partial charge in [0.15, 0.2) is 0 Å². The predicted octanol–water partition coefficient (Wildman–Crippen LogP) is 3.05. The Morgan fingerprint density at radius 1 is 1.45 bits per heavy atom. The summed E-state index contributed by atoms with van der Waals surface area (Å²) in [5.41, 5.74) is 0.556. The molecule has 0 aliphatic carbocycles. The third-order valence-electron chi connectivity index (χ3n) is 2.53. The minimum absolute atomic E-state index is 0.379. The molecule has 6 heteroatoms. The Kier molecular flexibility index (Phi) is 6.01. The van der Waals surface area contributed by atoms with E-state index in [4.69, 9.17) is 9.84 Å². The smallest absolute Gasteiger partial charge is 0.408 e. The molecule has 0 bridgehead atoms. The molecule has 1 amide bonds. The fourth-order valence-electron chi connectivity index (χ4n) is 1.65. The number of carboxylic acids is 1. The molecular weight excluding hydrogens is 278 g/mol. The van der Waals surface area contributed by atoms with Gasteiger partial charge in [0.25, 0.3) is 0 Å². The minimum atomic E-state index is -1.04. The lowest BCUT2D eigenvalue weighted by Crippen LogP contribution is -2.43. The summed E-state index contributed by atoms with van der Waals surface area (Å²) in [6.07, 6.45) is 1.19. The van der Waals surface area contributed by atoms with E-state index in [-0.39, 0.29) is 0 Å². The number of thiophene rings is 1.